The Morgan fingerprint density at radius 3 is 2.52 bits per heavy atom. The highest BCUT2D eigenvalue weighted by atomic mass is 16.5. The molecule has 6 nitrogen and oxygen atoms in total. The highest BCUT2D eigenvalue weighted by Crippen LogP contribution is 2.29. The first-order valence-electron chi connectivity index (χ1n) is 6.98. The van der Waals surface area contributed by atoms with Gasteiger partial charge in [-0.1, -0.05) is 19.3 Å². The van der Waals surface area contributed by atoms with Crippen LogP contribution in [0.4, 0.5) is 5.69 Å². The second-order valence-electron chi connectivity index (χ2n) is 5.36. The lowest BCUT2D eigenvalue weighted by molar-refractivity contribution is -0.145. The summed E-state index contributed by atoms with van der Waals surface area (Å²) in [7, 11) is 1.49. The van der Waals surface area contributed by atoms with E-state index in [-0.39, 0.29) is 5.56 Å². The van der Waals surface area contributed by atoms with Crippen LogP contribution in [0, 0.1) is 0 Å². The maximum Gasteiger partial charge on any atom is 0.329 e. The number of amides is 1. The van der Waals surface area contributed by atoms with Gasteiger partial charge in [-0.15, -0.1) is 0 Å². The minimum absolute atomic E-state index is 0.237. The summed E-state index contributed by atoms with van der Waals surface area (Å²) in [5, 5.41) is 12.2. The fraction of sp³-hybridized carbons (Fsp3) is 0.467. The van der Waals surface area contributed by atoms with Gasteiger partial charge < -0.3 is 20.9 Å². The molecular formula is C15H20N2O4. The lowest BCUT2D eigenvalue weighted by Gasteiger charge is -2.34. The third-order valence-corrected chi connectivity index (χ3v) is 3.97. The maximum atomic E-state index is 12.4. The van der Waals surface area contributed by atoms with E-state index in [1.807, 2.05) is 0 Å². The van der Waals surface area contributed by atoms with Crippen LogP contribution in [0.3, 0.4) is 0 Å². The number of methoxy groups -OCH3 is 1. The van der Waals surface area contributed by atoms with Gasteiger partial charge in [0.2, 0.25) is 0 Å². The summed E-state index contributed by atoms with van der Waals surface area (Å²) in [6, 6.07) is 4.74. The summed E-state index contributed by atoms with van der Waals surface area (Å²) in [4.78, 5) is 24.0. The highest BCUT2D eigenvalue weighted by Gasteiger charge is 2.41. The van der Waals surface area contributed by atoms with E-state index in [9.17, 15) is 14.7 Å². The van der Waals surface area contributed by atoms with Gasteiger partial charge in [-0.3, -0.25) is 4.79 Å². The Morgan fingerprint density at radius 2 is 1.95 bits per heavy atom. The van der Waals surface area contributed by atoms with Gasteiger partial charge in [0, 0.05) is 5.69 Å². The number of ether oxygens (including phenoxy) is 1. The van der Waals surface area contributed by atoms with Gasteiger partial charge in [0.25, 0.3) is 5.91 Å². The molecule has 1 aromatic carbocycles. The molecule has 0 heterocycles. The molecule has 0 spiro atoms. The predicted molar refractivity (Wildman–Crippen MR) is 78.3 cm³/mol. The number of nitrogens with one attached hydrogen (secondary N) is 1. The Morgan fingerprint density at radius 1 is 1.29 bits per heavy atom. The summed E-state index contributed by atoms with van der Waals surface area (Å²) in [5.74, 6) is -0.963. The van der Waals surface area contributed by atoms with Crippen molar-refractivity contribution in [1.29, 1.82) is 0 Å². The van der Waals surface area contributed by atoms with Crippen LogP contribution in [-0.2, 0) is 4.79 Å². The smallest absolute Gasteiger partial charge is 0.329 e. The van der Waals surface area contributed by atoms with Crippen molar-refractivity contribution in [2.75, 3.05) is 12.8 Å². The molecule has 0 saturated heterocycles. The van der Waals surface area contributed by atoms with Crippen LogP contribution in [0.15, 0.2) is 18.2 Å². The Hall–Kier alpha value is -2.24. The van der Waals surface area contributed by atoms with Gasteiger partial charge in [0.05, 0.1) is 12.7 Å². The number of anilines is 1. The average Bonchev–Trinajstić information content (AvgIpc) is 2.48. The molecule has 1 fully saturated rings. The molecule has 0 radical (unpaired) electrons. The van der Waals surface area contributed by atoms with Crippen LogP contribution in [0.5, 0.6) is 5.75 Å². The standard InChI is InChI=1S/C15H20N2O4/c1-21-10-5-6-12(16)11(9-10)13(18)17-15(14(19)20)7-3-2-4-8-15/h5-6,9H,2-4,7-8,16H2,1H3,(H,17,18)(H,19,20). The van der Waals surface area contributed by atoms with Crippen molar-refractivity contribution in [2.45, 2.75) is 37.6 Å². The third kappa shape index (κ3) is 3.09. The van der Waals surface area contributed by atoms with Gasteiger partial charge in [-0.05, 0) is 31.0 Å². The van der Waals surface area contributed by atoms with Crippen molar-refractivity contribution >= 4 is 17.6 Å². The molecule has 1 aliphatic carbocycles. The number of nitrogens with two attached hydrogens (primary N) is 1. The second kappa shape index (κ2) is 6.03. The fourth-order valence-corrected chi connectivity index (χ4v) is 2.69. The van der Waals surface area contributed by atoms with E-state index in [1.165, 1.54) is 13.2 Å². The van der Waals surface area contributed by atoms with Crippen LogP contribution >= 0.6 is 0 Å². The topological polar surface area (TPSA) is 102 Å². The zero-order valence-corrected chi connectivity index (χ0v) is 12.0. The summed E-state index contributed by atoms with van der Waals surface area (Å²) in [6.45, 7) is 0. The molecule has 1 saturated carbocycles. The fourth-order valence-electron chi connectivity index (χ4n) is 2.69. The van der Waals surface area contributed by atoms with E-state index < -0.39 is 17.4 Å². The number of carboxylic acid groups (broad SMARTS) is 1. The van der Waals surface area contributed by atoms with E-state index in [4.69, 9.17) is 10.5 Å². The van der Waals surface area contributed by atoms with E-state index >= 15 is 0 Å². The molecule has 6 heteroatoms. The number of benzene rings is 1. The van der Waals surface area contributed by atoms with Crippen molar-refractivity contribution in [2.24, 2.45) is 0 Å². The van der Waals surface area contributed by atoms with Crippen LogP contribution < -0.4 is 15.8 Å². The van der Waals surface area contributed by atoms with Crippen molar-refractivity contribution in [1.82, 2.24) is 5.32 Å². The minimum Gasteiger partial charge on any atom is -0.497 e. The predicted octanol–water partition coefficient (Wildman–Crippen LogP) is 1.79. The normalized spacial score (nSPS) is 17.0. The molecule has 1 aromatic rings. The average molecular weight is 292 g/mol. The summed E-state index contributed by atoms with van der Waals surface area (Å²) in [6.07, 6.45) is 3.46. The monoisotopic (exact) mass is 292 g/mol. The molecule has 0 unspecified atom stereocenters. The second-order valence-corrected chi connectivity index (χ2v) is 5.36. The number of rotatable bonds is 4. The number of carbonyl (C=O) groups excluding carboxylic acids is 1. The SMILES string of the molecule is COc1ccc(N)c(C(=O)NC2(C(=O)O)CCCCC2)c1. The van der Waals surface area contributed by atoms with Gasteiger partial charge in [-0.2, -0.15) is 0 Å². The summed E-state index contributed by atoms with van der Waals surface area (Å²) in [5.41, 5.74) is 5.15. The van der Waals surface area contributed by atoms with Crippen molar-refractivity contribution < 1.29 is 19.4 Å². The molecule has 1 aliphatic rings. The van der Waals surface area contributed by atoms with Gasteiger partial charge in [0.1, 0.15) is 11.3 Å². The van der Waals surface area contributed by atoms with Gasteiger partial charge in [-0.25, -0.2) is 4.79 Å². The molecule has 0 atom stereocenters. The van der Waals surface area contributed by atoms with Gasteiger partial charge in [0.15, 0.2) is 0 Å². The number of carboxylic acids is 1. The third-order valence-electron chi connectivity index (χ3n) is 3.97. The molecule has 2 rings (SSSR count). The maximum absolute atomic E-state index is 12.4. The number of hydrogen-bond acceptors (Lipinski definition) is 4. The largest absolute Gasteiger partial charge is 0.497 e. The van der Waals surface area contributed by atoms with E-state index in [1.54, 1.807) is 12.1 Å². The minimum atomic E-state index is -1.19. The number of aliphatic carboxylic acids is 1. The number of carbonyl (C=O) groups is 2. The lowest BCUT2D eigenvalue weighted by Crippen LogP contribution is -2.55. The number of nitrogen functional groups attached to an aromatic ring is 1. The first-order valence-corrected chi connectivity index (χ1v) is 6.98. The number of hydrogen-bond donors (Lipinski definition) is 3. The lowest BCUT2D eigenvalue weighted by atomic mass is 9.81. The Bertz CT molecular complexity index is 551. The Kier molecular flexibility index (Phi) is 4.35. The van der Waals surface area contributed by atoms with Gasteiger partial charge >= 0.3 is 5.97 Å². The molecule has 114 valence electrons. The Labute approximate surface area is 123 Å². The van der Waals surface area contributed by atoms with Crippen LogP contribution in [0.25, 0.3) is 0 Å². The molecule has 0 aliphatic heterocycles. The zero-order valence-electron chi connectivity index (χ0n) is 12.0. The summed E-state index contributed by atoms with van der Waals surface area (Å²) >= 11 is 0. The van der Waals surface area contributed by atoms with Crippen LogP contribution in [0.1, 0.15) is 42.5 Å². The first kappa shape index (κ1) is 15.2. The van der Waals surface area contributed by atoms with E-state index in [0.717, 1.165) is 19.3 Å². The van der Waals surface area contributed by atoms with Crippen LogP contribution in [0.2, 0.25) is 0 Å². The zero-order chi connectivity index (χ0) is 15.5. The molecule has 4 N–H and O–H groups in total. The molecule has 0 aromatic heterocycles. The molecule has 21 heavy (non-hydrogen) atoms. The summed E-state index contributed by atoms with van der Waals surface area (Å²) < 4.78 is 5.07. The molecule has 1 amide bonds. The molecular weight excluding hydrogens is 272 g/mol. The Balaban J connectivity index is 2.25. The quantitative estimate of drug-likeness (QED) is 0.734. The van der Waals surface area contributed by atoms with E-state index in [2.05, 4.69) is 5.32 Å². The first-order chi connectivity index (χ1) is 9.98. The van der Waals surface area contributed by atoms with Crippen molar-refractivity contribution in [3.63, 3.8) is 0 Å². The molecule has 0 bridgehead atoms. The van der Waals surface area contributed by atoms with Crippen molar-refractivity contribution in [3.8, 4) is 5.75 Å². The van der Waals surface area contributed by atoms with Crippen LogP contribution in [-0.4, -0.2) is 29.6 Å². The van der Waals surface area contributed by atoms with E-state index in [0.29, 0.717) is 24.3 Å². The highest BCUT2D eigenvalue weighted by molar-refractivity contribution is 6.02. The van der Waals surface area contributed by atoms with Crippen molar-refractivity contribution in [3.05, 3.63) is 23.8 Å².